The first-order valence-corrected chi connectivity index (χ1v) is 2.73. The molecule has 0 aromatic carbocycles. The lowest BCUT2D eigenvalue weighted by Crippen LogP contribution is -2.19. The maximum Gasteiger partial charge on any atom is 0.211 e. The summed E-state index contributed by atoms with van der Waals surface area (Å²) in [6, 6.07) is 0. The van der Waals surface area contributed by atoms with E-state index in [0.717, 1.165) is 24.9 Å². The molecule has 0 saturated heterocycles. The van der Waals surface area contributed by atoms with Crippen LogP contribution in [0.3, 0.4) is 0 Å². The molecule has 3 heteroatoms. The van der Waals surface area contributed by atoms with E-state index in [4.69, 9.17) is 0 Å². The van der Waals surface area contributed by atoms with E-state index in [1.807, 2.05) is 7.85 Å². The zero-order chi connectivity index (χ0) is 5.98. The lowest BCUT2D eigenvalue weighted by Gasteiger charge is -2.19. The highest BCUT2D eigenvalue weighted by atomic mass is 16.1. The molecule has 1 amide bonds. The predicted molar refractivity (Wildman–Crippen MR) is 34.0 cm³/mol. The largest absolute Gasteiger partial charge is 0.333 e. The van der Waals surface area contributed by atoms with Gasteiger partial charge >= 0.3 is 0 Å². The van der Waals surface area contributed by atoms with E-state index in [1.54, 1.807) is 0 Å². The van der Waals surface area contributed by atoms with Crippen molar-refractivity contribution in [3.05, 3.63) is 11.2 Å². The average Bonchev–Trinajstić information content (AvgIpc) is 1.79. The molecule has 42 valence electrons. The molecule has 2 nitrogen and oxygen atoms in total. The van der Waals surface area contributed by atoms with E-state index in [9.17, 15) is 4.79 Å². The van der Waals surface area contributed by atoms with Gasteiger partial charge in [0, 0.05) is 5.70 Å². The van der Waals surface area contributed by atoms with Crippen LogP contribution in [0.5, 0.6) is 0 Å². The van der Waals surface area contributed by atoms with Crippen LogP contribution in [-0.2, 0) is 4.79 Å². The number of hydrogen-bond donors (Lipinski definition) is 1. The predicted octanol–water partition coefficient (Wildman–Crippen LogP) is -0.629. The molecule has 0 bridgehead atoms. The molecular weight excluding hydrogens is 101 g/mol. The van der Waals surface area contributed by atoms with Crippen molar-refractivity contribution < 1.29 is 4.79 Å². The molecule has 0 aliphatic heterocycles. The van der Waals surface area contributed by atoms with Crippen molar-refractivity contribution in [2.75, 3.05) is 0 Å². The summed E-state index contributed by atoms with van der Waals surface area (Å²) >= 11 is 0. The number of carbonyl (C=O) groups excluding carboxylic acids is 1. The number of allylic oxidation sites excluding steroid dienone is 2. The third kappa shape index (κ3) is 0.758. The highest BCUT2D eigenvalue weighted by molar-refractivity contribution is 6.22. The molecule has 0 aromatic heterocycles. The van der Waals surface area contributed by atoms with Gasteiger partial charge in [0.1, 0.15) is 7.85 Å². The minimum Gasteiger partial charge on any atom is -0.333 e. The van der Waals surface area contributed by atoms with Crippen LogP contribution in [0.25, 0.3) is 0 Å². The molecule has 0 heterocycles. The third-order valence-corrected chi connectivity index (χ3v) is 1.50. The summed E-state index contributed by atoms with van der Waals surface area (Å²) in [7, 11) is 2.04. The zero-order valence-corrected chi connectivity index (χ0v) is 4.90. The molecular formula is C5H8BNO. The summed E-state index contributed by atoms with van der Waals surface area (Å²) in [5, 5.41) is 2.63. The molecule has 0 saturated carbocycles. The number of amides is 1. The van der Waals surface area contributed by atoms with E-state index in [-0.39, 0.29) is 0 Å². The van der Waals surface area contributed by atoms with E-state index in [0.29, 0.717) is 0 Å². The van der Waals surface area contributed by atoms with Crippen molar-refractivity contribution >= 4 is 14.3 Å². The maximum atomic E-state index is 9.81. The molecule has 1 rings (SSSR count). The van der Waals surface area contributed by atoms with Crippen molar-refractivity contribution in [3.8, 4) is 0 Å². The first-order chi connectivity index (χ1) is 3.84. The van der Waals surface area contributed by atoms with Gasteiger partial charge in [-0.25, -0.2) is 0 Å². The number of rotatable bonds is 2. The molecule has 0 aromatic rings. The molecule has 0 unspecified atom stereocenters. The van der Waals surface area contributed by atoms with Gasteiger partial charge in [0.05, 0.1) is 0 Å². The van der Waals surface area contributed by atoms with Crippen molar-refractivity contribution in [1.29, 1.82) is 0 Å². The summed E-state index contributed by atoms with van der Waals surface area (Å²) < 4.78 is 0. The van der Waals surface area contributed by atoms with Gasteiger partial charge in [-0.3, -0.25) is 4.79 Å². The van der Waals surface area contributed by atoms with Crippen LogP contribution in [0, 0.1) is 0 Å². The molecule has 1 aliphatic carbocycles. The lowest BCUT2D eigenvalue weighted by molar-refractivity contribution is -0.109. The quantitative estimate of drug-likeness (QED) is 0.371. The minimum absolute atomic E-state index is 0.734. The molecule has 0 spiro atoms. The second-order valence-corrected chi connectivity index (χ2v) is 2.02. The fraction of sp³-hybridized carbons (Fsp3) is 0.400. The van der Waals surface area contributed by atoms with Crippen LogP contribution in [-0.4, -0.2) is 14.3 Å². The molecule has 0 fully saturated rings. The van der Waals surface area contributed by atoms with Gasteiger partial charge < -0.3 is 5.32 Å². The topological polar surface area (TPSA) is 29.1 Å². The Morgan fingerprint density at radius 2 is 2.38 bits per heavy atom. The summed E-state index contributed by atoms with van der Waals surface area (Å²) in [5.74, 6) is 0. The van der Waals surface area contributed by atoms with Gasteiger partial charge in [0.15, 0.2) is 0 Å². The van der Waals surface area contributed by atoms with Crippen LogP contribution in [0.2, 0.25) is 0 Å². The van der Waals surface area contributed by atoms with Crippen LogP contribution in [0.1, 0.15) is 12.8 Å². The average molecular weight is 109 g/mol. The second kappa shape index (κ2) is 2.03. The Bertz CT molecular complexity index is 141. The molecule has 0 atom stereocenters. The highest BCUT2D eigenvalue weighted by Gasteiger charge is 2.10. The van der Waals surface area contributed by atoms with Crippen LogP contribution >= 0.6 is 0 Å². The van der Waals surface area contributed by atoms with Gasteiger partial charge in [-0.15, -0.1) is 0 Å². The fourth-order valence-corrected chi connectivity index (χ4v) is 0.766. The Balaban J connectivity index is 2.46. The summed E-state index contributed by atoms with van der Waals surface area (Å²) in [6.07, 6.45) is 2.93. The molecule has 0 radical (unpaired) electrons. The summed E-state index contributed by atoms with van der Waals surface area (Å²) in [4.78, 5) is 9.81. The highest BCUT2D eigenvalue weighted by Crippen LogP contribution is 2.21. The Kier molecular flexibility index (Phi) is 1.37. The van der Waals surface area contributed by atoms with Crippen molar-refractivity contribution in [1.82, 2.24) is 5.32 Å². The number of nitrogens with one attached hydrogen (secondary N) is 1. The van der Waals surface area contributed by atoms with Crippen LogP contribution < -0.4 is 5.32 Å². The zero-order valence-electron chi connectivity index (χ0n) is 4.90. The van der Waals surface area contributed by atoms with E-state index < -0.39 is 0 Å². The minimum atomic E-state index is 0.734. The summed E-state index contributed by atoms with van der Waals surface area (Å²) in [6.45, 7) is 0. The van der Waals surface area contributed by atoms with E-state index in [2.05, 4.69) is 5.32 Å². The Hall–Kier alpha value is -0.725. The maximum absolute atomic E-state index is 9.81. The van der Waals surface area contributed by atoms with Crippen LogP contribution in [0.15, 0.2) is 11.2 Å². The first-order valence-electron chi connectivity index (χ1n) is 2.73. The smallest absolute Gasteiger partial charge is 0.211 e. The first kappa shape index (κ1) is 5.41. The van der Waals surface area contributed by atoms with Gasteiger partial charge in [-0.2, -0.15) is 0 Å². The van der Waals surface area contributed by atoms with Crippen molar-refractivity contribution in [3.63, 3.8) is 0 Å². The second-order valence-electron chi connectivity index (χ2n) is 2.02. The fourth-order valence-electron chi connectivity index (χ4n) is 0.766. The Morgan fingerprint density at radius 1 is 1.62 bits per heavy atom. The van der Waals surface area contributed by atoms with Gasteiger partial charge in [-0.05, 0) is 12.8 Å². The number of carbonyl (C=O) groups is 1. The molecule has 1 N–H and O–H groups in total. The van der Waals surface area contributed by atoms with Crippen molar-refractivity contribution in [2.45, 2.75) is 12.8 Å². The third-order valence-electron chi connectivity index (χ3n) is 1.50. The van der Waals surface area contributed by atoms with E-state index in [1.165, 1.54) is 5.47 Å². The standard InChI is InChI=1S/C5H8BNO/c6-4-1-2-5(4)7-3-8/h3H,1-2,6H2,(H,7,8). The molecule has 8 heavy (non-hydrogen) atoms. The van der Waals surface area contributed by atoms with E-state index >= 15 is 0 Å². The van der Waals surface area contributed by atoms with Crippen LogP contribution in [0.4, 0.5) is 0 Å². The summed E-state index contributed by atoms with van der Waals surface area (Å²) in [5.41, 5.74) is 2.43. The monoisotopic (exact) mass is 109 g/mol. The van der Waals surface area contributed by atoms with Crippen molar-refractivity contribution in [2.24, 2.45) is 0 Å². The normalized spacial score (nSPS) is 17.5. The number of hydrogen-bond acceptors (Lipinski definition) is 1. The van der Waals surface area contributed by atoms with Gasteiger partial charge in [0.2, 0.25) is 6.41 Å². The SMILES string of the molecule is BC1=C(NC=O)CC1. The van der Waals surface area contributed by atoms with Gasteiger partial charge in [-0.1, -0.05) is 5.47 Å². The van der Waals surface area contributed by atoms with Gasteiger partial charge in [0.25, 0.3) is 0 Å². The molecule has 1 aliphatic rings. The Labute approximate surface area is 49.4 Å². The lowest BCUT2D eigenvalue weighted by atomic mass is 9.79. The Morgan fingerprint density at radius 3 is 2.50 bits per heavy atom.